The van der Waals surface area contributed by atoms with Gasteiger partial charge in [-0.3, -0.25) is 0 Å². The molecule has 12 heavy (non-hydrogen) atoms. The number of ether oxygens (including phenoxy) is 1. The Morgan fingerprint density at radius 2 is 1.83 bits per heavy atom. The van der Waals surface area contributed by atoms with Crippen molar-refractivity contribution in [3.63, 3.8) is 0 Å². The van der Waals surface area contributed by atoms with Crippen molar-refractivity contribution in [2.75, 3.05) is 7.11 Å². The molecule has 0 radical (unpaired) electrons. The first-order chi connectivity index (χ1) is 5.56. The van der Waals surface area contributed by atoms with Gasteiger partial charge < -0.3 is 14.9 Å². The van der Waals surface area contributed by atoms with Gasteiger partial charge in [0.15, 0.2) is 0 Å². The van der Waals surface area contributed by atoms with E-state index in [2.05, 4.69) is 4.74 Å². The van der Waals surface area contributed by atoms with Crippen molar-refractivity contribution >= 4 is 11.9 Å². The molecule has 0 aliphatic carbocycles. The summed E-state index contributed by atoms with van der Waals surface area (Å²) in [4.78, 5) is 20.3. The Labute approximate surface area is 68.6 Å². The van der Waals surface area contributed by atoms with Gasteiger partial charge in [0.1, 0.15) is 5.76 Å². The molecule has 0 atom stereocenters. The molecular formula is C7H8O5. The van der Waals surface area contributed by atoms with Crippen LogP contribution in [0, 0.1) is 0 Å². The van der Waals surface area contributed by atoms with E-state index in [0.717, 1.165) is 19.3 Å². The summed E-state index contributed by atoms with van der Waals surface area (Å²) in [5.74, 6) is -2.42. The molecule has 5 heteroatoms. The summed E-state index contributed by atoms with van der Waals surface area (Å²) < 4.78 is 4.17. The van der Waals surface area contributed by atoms with E-state index in [0.29, 0.717) is 6.08 Å². The molecule has 0 rings (SSSR count). The van der Waals surface area contributed by atoms with Crippen LogP contribution >= 0.6 is 0 Å². The summed E-state index contributed by atoms with van der Waals surface area (Å²) in [6, 6.07) is 0. The van der Waals surface area contributed by atoms with Gasteiger partial charge in [0.25, 0.3) is 0 Å². The zero-order chi connectivity index (χ0) is 9.56. The quantitative estimate of drug-likeness (QED) is 0.276. The third-order valence-corrected chi connectivity index (χ3v) is 0.864. The number of carboxylic acid groups (broad SMARTS) is 1. The number of esters is 1. The zero-order valence-corrected chi connectivity index (χ0v) is 6.35. The predicted octanol–water partition coefficient (Wildman–Crippen LogP) is 0.242. The number of aliphatic hydroxyl groups is 1. The van der Waals surface area contributed by atoms with Crippen molar-refractivity contribution in [1.29, 1.82) is 0 Å². The van der Waals surface area contributed by atoms with Crippen molar-refractivity contribution in [2.24, 2.45) is 0 Å². The van der Waals surface area contributed by atoms with Gasteiger partial charge >= 0.3 is 11.9 Å². The first-order valence-electron chi connectivity index (χ1n) is 2.96. The summed E-state index contributed by atoms with van der Waals surface area (Å²) >= 11 is 0. The van der Waals surface area contributed by atoms with Crippen LogP contribution in [0.15, 0.2) is 24.0 Å². The molecule has 0 aromatic carbocycles. The Balaban J connectivity index is 4.20. The molecule has 0 amide bonds. The number of carboxylic acids is 1. The van der Waals surface area contributed by atoms with Crippen molar-refractivity contribution < 1.29 is 24.5 Å². The third-order valence-electron chi connectivity index (χ3n) is 0.864. The lowest BCUT2D eigenvalue weighted by Crippen LogP contribution is -1.96. The van der Waals surface area contributed by atoms with Gasteiger partial charge in [-0.2, -0.15) is 0 Å². The molecule has 0 fully saturated rings. The normalized spacial score (nSPS) is 11.6. The van der Waals surface area contributed by atoms with Crippen LogP contribution in [0.3, 0.4) is 0 Å². The second-order valence-corrected chi connectivity index (χ2v) is 1.76. The van der Waals surface area contributed by atoms with Gasteiger partial charge in [-0.05, 0) is 6.08 Å². The van der Waals surface area contributed by atoms with E-state index in [1.807, 2.05) is 0 Å². The Bertz CT molecular complexity index is 238. The Kier molecular flexibility index (Phi) is 4.21. The molecule has 0 heterocycles. The van der Waals surface area contributed by atoms with Crippen LogP contribution in [0.25, 0.3) is 0 Å². The number of hydrogen-bond acceptors (Lipinski definition) is 4. The smallest absolute Gasteiger partial charge is 0.334 e. The minimum absolute atomic E-state index is 0.468. The van der Waals surface area contributed by atoms with Crippen LogP contribution < -0.4 is 0 Å². The van der Waals surface area contributed by atoms with E-state index in [1.165, 1.54) is 0 Å². The number of aliphatic hydroxyl groups excluding tert-OH is 1. The molecule has 0 bridgehead atoms. The van der Waals surface area contributed by atoms with E-state index in [4.69, 9.17) is 10.2 Å². The van der Waals surface area contributed by atoms with Crippen LogP contribution in [0.5, 0.6) is 0 Å². The van der Waals surface area contributed by atoms with Crippen LogP contribution in [-0.2, 0) is 14.3 Å². The molecule has 0 saturated heterocycles. The molecule has 5 nitrogen and oxygen atoms in total. The largest absolute Gasteiger partial charge is 0.508 e. The highest BCUT2D eigenvalue weighted by molar-refractivity contribution is 5.84. The second-order valence-electron chi connectivity index (χ2n) is 1.76. The number of carbonyl (C=O) groups excluding carboxylic acids is 1. The van der Waals surface area contributed by atoms with Crippen LogP contribution in [-0.4, -0.2) is 29.3 Å². The molecule has 2 N–H and O–H groups in total. The number of hydrogen-bond donors (Lipinski definition) is 2. The molecule has 0 spiro atoms. The first kappa shape index (κ1) is 10.2. The minimum atomic E-state index is -1.21. The number of allylic oxidation sites excluding steroid dienone is 1. The van der Waals surface area contributed by atoms with Crippen molar-refractivity contribution in [3.05, 3.63) is 24.0 Å². The predicted molar refractivity (Wildman–Crippen MR) is 39.5 cm³/mol. The lowest BCUT2D eigenvalue weighted by Gasteiger charge is -1.90. The van der Waals surface area contributed by atoms with Gasteiger partial charge in [-0.25, -0.2) is 9.59 Å². The molecule has 0 aromatic rings. The third kappa shape index (κ3) is 5.04. The van der Waals surface area contributed by atoms with E-state index >= 15 is 0 Å². The van der Waals surface area contributed by atoms with Gasteiger partial charge in [0.2, 0.25) is 0 Å². The molecule has 0 aromatic heterocycles. The molecule has 0 saturated carbocycles. The summed E-state index contributed by atoms with van der Waals surface area (Å²) in [6.07, 6.45) is 2.34. The van der Waals surface area contributed by atoms with Crippen LogP contribution in [0.4, 0.5) is 0 Å². The van der Waals surface area contributed by atoms with Crippen molar-refractivity contribution in [2.45, 2.75) is 0 Å². The fraction of sp³-hybridized carbons (Fsp3) is 0.143. The number of methoxy groups -OCH3 is 1. The van der Waals surface area contributed by atoms with Gasteiger partial charge in [0, 0.05) is 6.08 Å². The van der Waals surface area contributed by atoms with E-state index in [1.54, 1.807) is 0 Å². The van der Waals surface area contributed by atoms with Crippen LogP contribution in [0.2, 0.25) is 0 Å². The maximum atomic E-state index is 10.4. The number of rotatable bonds is 3. The monoisotopic (exact) mass is 172 g/mol. The molecule has 0 unspecified atom stereocenters. The van der Waals surface area contributed by atoms with E-state index in [9.17, 15) is 9.59 Å². The number of aliphatic carboxylic acids is 1. The zero-order valence-electron chi connectivity index (χ0n) is 6.35. The van der Waals surface area contributed by atoms with E-state index in [-0.39, 0.29) is 0 Å². The summed E-state index contributed by atoms with van der Waals surface area (Å²) in [5, 5.41) is 16.9. The molecular weight excluding hydrogens is 164 g/mol. The van der Waals surface area contributed by atoms with Crippen molar-refractivity contribution in [1.82, 2.24) is 0 Å². The van der Waals surface area contributed by atoms with Gasteiger partial charge in [-0.15, -0.1) is 0 Å². The summed E-state index contributed by atoms with van der Waals surface area (Å²) in [7, 11) is 1.15. The fourth-order valence-corrected chi connectivity index (χ4v) is 0.384. The standard InChI is InChI=1S/C7H8O5/c1-12-7(11)4-5(8)2-3-6(9)10/h2-4,8H,1H3,(H,9,10). The summed E-state index contributed by atoms with van der Waals surface area (Å²) in [6.45, 7) is 0. The average molecular weight is 172 g/mol. The molecule has 0 aliphatic heterocycles. The second kappa shape index (κ2) is 4.95. The van der Waals surface area contributed by atoms with Crippen molar-refractivity contribution in [3.8, 4) is 0 Å². The molecule has 0 aliphatic rings. The van der Waals surface area contributed by atoms with Gasteiger partial charge in [-0.1, -0.05) is 0 Å². The lowest BCUT2D eigenvalue weighted by molar-refractivity contribution is -0.135. The highest BCUT2D eigenvalue weighted by atomic mass is 16.5. The first-order valence-corrected chi connectivity index (χ1v) is 2.96. The highest BCUT2D eigenvalue weighted by Crippen LogP contribution is 1.91. The Morgan fingerprint density at radius 1 is 1.25 bits per heavy atom. The SMILES string of the molecule is COC(=O)C=C(O)C=CC(=O)O. The Hall–Kier alpha value is -1.78. The van der Waals surface area contributed by atoms with Gasteiger partial charge in [0.05, 0.1) is 13.2 Å². The van der Waals surface area contributed by atoms with Crippen LogP contribution in [0.1, 0.15) is 0 Å². The Morgan fingerprint density at radius 3 is 2.25 bits per heavy atom. The lowest BCUT2D eigenvalue weighted by atomic mass is 10.4. The maximum absolute atomic E-state index is 10.4. The van der Waals surface area contributed by atoms with E-state index < -0.39 is 17.7 Å². The highest BCUT2D eigenvalue weighted by Gasteiger charge is 1.95. The number of carbonyl (C=O) groups is 2. The average Bonchev–Trinajstić information content (AvgIpc) is 2.00. The fourth-order valence-electron chi connectivity index (χ4n) is 0.384. The summed E-state index contributed by atoms with van der Waals surface area (Å²) in [5.41, 5.74) is 0. The maximum Gasteiger partial charge on any atom is 0.334 e. The minimum Gasteiger partial charge on any atom is -0.508 e. The topological polar surface area (TPSA) is 83.8 Å². The molecule has 66 valence electrons.